The first kappa shape index (κ1) is 18.2. The number of anilines is 1. The molecule has 1 aromatic carbocycles. The van der Waals surface area contributed by atoms with E-state index in [2.05, 4.69) is 43.2 Å². The minimum atomic E-state index is 0.0927. The van der Waals surface area contributed by atoms with Gasteiger partial charge in [-0.25, -0.2) is 4.98 Å². The lowest BCUT2D eigenvalue weighted by Gasteiger charge is -2.16. The highest BCUT2D eigenvalue weighted by molar-refractivity contribution is 5.95. The zero-order valence-corrected chi connectivity index (χ0v) is 15.8. The molecule has 0 atom stereocenters. The van der Waals surface area contributed by atoms with Gasteiger partial charge in [0.15, 0.2) is 0 Å². The number of aryl methyl sites for hydroxylation is 3. The van der Waals surface area contributed by atoms with Gasteiger partial charge >= 0.3 is 0 Å². The summed E-state index contributed by atoms with van der Waals surface area (Å²) in [6, 6.07) is 7.86. The standard InChI is InChI=1S/C21H27N3O2/c1-15-12-16(2)20(17(3)13-15)26-11-8-23-19-14-18(6-7-22-19)21(25)24-9-4-5-10-24/h6-7,12-14H,4-5,8-11H2,1-3H3,(H,22,23). The number of carbonyl (C=O) groups excluding carboxylic acids is 1. The molecule has 1 aliphatic heterocycles. The van der Waals surface area contributed by atoms with E-state index in [0.717, 1.165) is 42.8 Å². The molecule has 1 aromatic heterocycles. The Kier molecular flexibility index (Phi) is 5.76. The second kappa shape index (κ2) is 8.21. The molecule has 0 aliphatic carbocycles. The fraction of sp³-hybridized carbons (Fsp3) is 0.429. The summed E-state index contributed by atoms with van der Waals surface area (Å²) in [6.07, 6.45) is 3.87. The lowest BCUT2D eigenvalue weighted by molar-refractivity contribution is 0.0793. The first-order chi connectivity index (χ1) is 12.5. The minimum Gasteiger partial charge on any atom is -0.491 e. The molecule has 2 heterocycles. The Hall–Kier alpha value is -2.56. The number of rotatable bonds is 6. The number of benzene rings is 1. The van der Waals surface area contributed by atoms with Crippen LogP contribution < -0.4 is 10.1 Å². The Morgan fingerprint density at radius 2 is 1.85 bits per heavy atom. The largest absolute Gasteiger partial charge is 0.491 e. The van der Waals surface area contributed by atoms with Crippen molar-refractivity contribution in [3.8, 4) is 5.75 Å². The lowest BCUT2D eigenvalue weighted by atomic mass is 10.1. The Bertz CT molecular complexity index is 760. The third-order valence-corrected chi connectivity index (χ3v) is 4.66. The number of aromatic nitrogens is 1. The van der Waals surface area contributed by atoms with E-state index < -0.39 is 0 Å². The smallest absolute Gasteiger partial charge is 0.254 e. The predicted molar refractivity (Wildman–Crippen MR) is 104 cm³/mol. The second-order valence-corrected chi connectivity index (χ2v) is 6.93. The molecule has 1 saturated heterocycles. The van der Waals surface area contributed by atoms with Crippen LogP contribution in [0.4, 0.5) is 5.82 Å². The number of amides is 1. The molecule has 1 amide bonds. The van der Waals surface area contributed by atoms with Crippen molar-refractivity contribution < 1.29 is 9.53 Å². The fourth-order valence-corrected chi connectivity index (χ4v) is 3.49. The van der Waals surface area contributed by atoms with Crippen molar-refractivity contribution >= 4 is 11.7 Å². The van der Waals surface area contributed by atoms with Crippen LogP contribution in [0.5, 0.6) is 5.75 Å². The van der Waals surface area contributed by atoms with E-state index in [1.165, 1.54) is 5.56 Å². The summed E-state index contributed by atoms with van der Waals surface area (Å²) in [5, 5.41) is 3.24. The van der Waals surface area contributed by atoms with E-state index in [0.29, 0.717) is 24.5 Å². The second-order valence-electron chi connectivity index (χ2n) is 6.93. The number of carbonyl (C=O) groups is 1. The Balaban J connectivity index is 1.54. The molecular formula is C21H27N3O2. The quantitative estimate of drug-likeness (QED) is 0.804. The summed E-state index contributed by atoms with van der Waals surface area (Å²) in [5.74, 6) is 1.74. The number of hydrogen-bond donors (Lipinski definition) is 1. The number of hydrogen-bond acceptors (Lipinski definition) is 4. The SMILES string of the molecule is Cc1cc(C)c(OCCNc2cc(C(=O)N3CCCC3)ccn2)c(C)c1. The molecule has 5 nitrogen and oxygen atoms in total. The molecule has 5 heteroatoms. The lowest BCUT2D eigenvalue weighted by Crippen LogP contribution is -2.27. The first-order valence-corrected chi connectivity index (χ1v) is 9.24. The van der Waals surface area contributed by atoms with Gasteiger partial charge in [-0.3, -0.25) is 4.79 Å². The van der Waals surface area contributed by atoms with Crippen molar-refractivity contribution in [2.75, 3.05) is 31.6 Å². The summed E-state index contributed by atoms with van der Waals surface area (Å²) < 4.78 is 5.94. The minimum absolute atomic E-state index is 0.0927. The molecule has 0 spiro atoms. The summed E-state index contributed by atoms with van der Waals surface area (Å²) >= 11 is 0. The third-order valence-electron chi connectivity index (χ3n) is 4.66. The van der Waals surface area contributed by atoms with Crippen LogP contribution in [0.1, 0.15) is 39.9 Å². The average molecular weight is 353 g/mol. The van der Waals surface area contributed by atoms with Crippen LogP contribution in [0.2, 0.25) is 0 Å². The highest BCUT2D eigenvalue weighted by atomic mass is 16.5. The summed E-state index contributed by atoms with van der Waals surface area (Å²) in [6.45, 7) is 9.10. The van der Waals surface area contributed by atoms with Gasteiger partial charge in [0, 0.05) is 24.8 Å². The fourth-order valence-electron chi connectivity index (χ4n) is 3.49. The first-order valence-electron chi connectivity index (χ1n) is 9.24. The van der Waals surface area contributed by atoms with Gasteiger partial charge in [-0.05, 0) is 56.9 Å². The van der Waals surface area contributed by atoms with Gasteiger partial charge in [-0.2, -0.15) is 0 Å². The molecule has 0 unspecified atom stereocenters. The van der Waals surface area contributed by atoms with Gasteiger partial charge in [0.1, 0.15) is 18.2 Å². The molecule has 1 N–H and O–H groups in total. The molecule has 2 aromatic rings. The van der Waals surface area contributed by atoms with Gasteiger partial charge in [-0.1, -0.05) is 17.7 Å². The number of likely N-dealkylation sites (tertiary alicyclic amines) is 1. The zero-order chi connectivity index (χ0) is 18.5. The molecule has 26 heavy (non-hydrogen) atoms. The van der Waals surface area contributed by atoms with Crippen LogP contribution in [0.15, 0.2) is 30.5 Å². The van der Waals surface area contributed by atoms with Crippen LogP contribution in [-0.4, -0.2) is 42.0 Å². The average Bonchev–Trinajstić information content (AvgIpc) is 3.14. The maximum atomic E-state index is 12.5. The van der Waals surface area contributed by atoms with E-state index in [9.17, 15) is 4.79 Å². The normalized spacial score (nSPS) is 13.7. The Morgan fingerprint density at radius 1 is 1.15 bits per heavy atom. The van der Waals surface area contributed by atoms with Gasteiger partial charge in [0.25, 0.3) is 5.91 Å². The van der Waals surface area contributed by atoms with E-state index in [1.54, 1.807) is 12.3 Å². The van der Waals surface area contributed by atoms with Crippen molar-refractivity contribution in [2.45, 2.75) is 33.6 Å². The van der Waals surface area contributed by atoms with Gasteiger partial charge < -0.3 is 15.0 Å². The number of nitrogens with zero attached hydrogens (tertiary/aromatic N) is 2. The van der Waals surface area contributed by atoms with E-state index in [4.69, 9.17) is 4.74 Å². The number of nitrogens with one attached hydrogen (secondary N) is 1. The summed E-state index contributed by atoms with van der Waals surface area (Å²) in [4.78, 5) is 18.7. The van der Waals surface area contributed by atoms with Crippen LogP contribution in [-0.2, 0) is 0 Å². The van der Waals surface area contributed by atoms with Gasteiger partial charge in [0.05, 0.1) is 6.54 Å². The van der Waals surface area contributed by atoms with Crippen molar-refractivity contribution in [2.24, 2.45) is 0 Å². The molecule has 1 aliphatic rings. The molecule has 1 fully saturated rings. The predicted octanol–water partition coefficient (Wildman–Crippen LogP) is 3.73. The molecular weight excluding hydrogens is 326 g/mol. The maximum Gasteiger partial charge on any atom is 0.254 e. The van der Waals surface area contributed by atoms with Gasteiger partial charge in [-0.15, -0.1) is 0 Å². The Labute approximate surface area is 155 Å². The zero-order valence-electron chi connectivity index (χ0n) is 15.8. The van der Waals surface area contributed by atoms with E-state index in [-0.39, 0.29) is 5.91 Å². The molecule has 0 bridgehead atoms. The Morgan fingerprint density at radius 3 is 2.54 bits per heavy atom. The number of ether oxygens (including phenoxy) is 1. The van der Waals surface area contributed by atoms with Crippen LogP contribution in [0, 0.1) is 20.8 Å². The molecule has 138 valence electrons. The van der Waals surface area contributed by atoms with Crippen molar-refractivity contribution in [3.63, 3.8) is 0 Å². The maximum absolute atomic E-state index is 12.5. The van der Waals surface area contributed by atoms with Crippen LogP contribution in [0.3, 0.4) is 0 Å². The van der Waals surface area contributed by atoms with Crippen LogP contribution >= 0.6 is 0 Å². The molecule has 3 rings (SSSR count). The van der Waals surface area contributed by atoms with Gasteiger partial charge in [0.2, 0.25) is 0 Å². The van der Waals surface area contributed by atoms with Crippen molar-refractivity contribution in [3.05, 3.63) is 52.7 Å². The molecule has 0 radical (unpaired) electrons. The monoisotopic (exact) mass is 353 g/mol. The van der Waals surface area contributed by atoms with Crippen LogP contribution in [0.25, 0.3) is 0 Å². The highest BCUT2D eigenvalue weighted by Crippen LogP contribution is 2.24. The summed E-state index contributed by atoms with van der Waals surface area (Å²) in [5.41, 5.74) is 4.24. The summed E-state index contributed by atoms with van der Waals surface area (Å²) in [7, 11) is 0. The van der Waals surface area contributed by atoms with E-state index >= 15 is 0 Å². The highest BCUT2D eigenvalue weighted by Gasteiger charge is 2.19. The van der Waals surface area contributed by atoms with E-state index in [1.807, 2.05) is 11.0 Å². The molecule has 0 saturated carbocycles. The number of pyridine rings is 1. The topological polar surface area (TPSA) is 54.5 Å². The van der Waals surface area contributed by atoms with Crippen molar-refractivity contribution in [1.29, 1.82) is 0 Å². The van der Waals surface area contributed by atoms with Crippen molar-refractivity contribution in [1.82, 2.24) is 9.88 Å². The third kappa shape index (κ3) is 4.34.